The quantitative estimate of drug-likeness (QED) is 0.717. The molecule has 7 nitrogen and oxygen atoms in total. The number of ether oxygens (including phenoxy) is 1. The number of rotatable bonds is 7. The van der Waals surface area contributed by atoms with Crippen LogP contribution >= 0.6 is 0 Å². The second-order valence-corrected chi connectivity index (χ2v) is 5.51. The molecule has 0 aliphatic carbocycles. The maximum absolute atomic E-state index is 12.0. The van der Waals surface area contributed by atoms with Crippen LogP contribution in [0, 0.1) is 0 Å². The van der Waals surface area contributed by atoms with Gasteiger partial charge in [0.15, 0.2) is 6.61 Å². The van der Waals surface area contributed by atoms with Crippen LogP contribution in [0.3, 0.4) is 0 Å². The van der Waals surface area contributed by atoms with E-state index in [0.29, 0.717) is 17.3 Å². The van der Waals surface area contributed by atoms with E-state index in [0.717, 1.165) is 12.8 Å². The van der Waals surface area contributed by atoms with Crippen LogP contribution in [-0.2, 0) is 11.2 Å². The average Bonchev–Trinajstić information content (AvgIpc) is 3.17. The van der Waals surface area contributed by atoms with Crippen LogP contribution in [-0.4, -0.2) is 32.3 Å². The molecule has 128 valence electrons. The Morgan fingerprint density at radius 1 is 1.12 bits per heavy atom. The fraction of sp³-hybridized carbons (Fsp3) is 0.222. The summed E-state index contributed by atoms with van der Waals surface area (Å²) in [7, 11) is 0. The van der Waals surface area contributed by atoms with Crippen molar-refractivity contribution in [2.24, 2.45) is 0 Å². The molecule has 0 radical (unpaired) electrons. The van der Waals surface area contributed by atoms with E-state index in [2.05, 4.69) is 27.4 Å². The molecule has 0 aliphatic heterocycles. The zero-order valence-electron chi connectivity index (χ0n) is 13.9. The normalized spacial score (nSPS) is 10.4. The predicted octanol–water partition coefficient (Wildman–Crippen LogP) is 2.63. The molecule has 0 spiro atoms. The summed E-state index contributed by atoms with van der Waals surface area (Å²) in [6.07, 6.45) is 6.83. The molecular formula is C18H19N5O2. The second-order valence-electron chi connectivity index (χ2n) is 5.51. The lowest BCUT2D eigenvalue weighted by Crippen LogP contribution is -2.20. The number of aromatic nitrogens is 4. The molecule has 0 unspecified atom stereocenters. The number of hydrogen-bond acceptors (Lipinski definition) is 5. The molecule has 25 heavy (non-hydrogen) atoms. The van der Waals surface area contributed by atoms with Gasteiger partial charge in [-0.3, -0.25) is 9.36 Å². The summed E-state index contributed by atoms with van der Waals surface area (Å²) in [5.74, 6) is 1.11. The number of hydrogen-bond donors (Lipinski definition) is 1. The van der Waals surface area contributed by atoms with Crippen molar-refractivity contribution in [3.05, 3.63) is 60.8 Å². The lowest BCUT2D eigenvalue weighted by molar-refractivity contribution is -0.118. The van der Waals surface area contributed by atoms with Gasteiger partial charge in [0, 0.05) is 0 Å². The minimum atomic E-state index is -0.239. The van der Waals surface area contributed by atoms with Gasteiger partial charge in [-0.25, -0.2) is 4.98 Å². The molecule has 0 saturated heterocycles. The van der Waals surface area contributed by atoms with E-state index in [1.54, 1.807) is 35.6 Å². The number of benzene rings is 1. The highest BCUT2D eigenvalue weighted by Gasteiger charge is 2.05. The van der Waals surface area contributed by atoms with Gasteiger partial charge in [-0.05, 0) is 36.2 Å². The number of amides is 1. The molecule has 0 atom stereocenters. The van der Waals surface area contributed by atoms with Crippen LogP contribution in [0.2, 0.25) is 0 Å². The van der Waals surface area contributed by atoms with Crippen molar-refractivity contribution >= 4 is 11.6 Å². The summed E-state index contributed by atoms with van der Waals surface area (Å²) in [6, 6.07) is 11.3. The smallest absolute Gasteiger partial charge is 0.262 e. The topological polar surface area (TPSA) is 81.9 Å². The number of aryl methyl sites for hydroxylation is 1. The van der Waals surface area contributed by atoms with E-state index in [4.69, 9.17) is 4.74 Å². The van der Waals surface area contributed by atoms with Gasteiger partial charge in [0.2, 0.25) is 0 Å². The van der Waals surface area contributed by atoms with Crippen LogP contribution in [0.5, 0.6) is 5.75 Å². The fourth-order valence-corrected chi connectivity index (χ4v) is 2.32. The van der Waals surface area contributed by atoms with Crippen LogP contribution in [0.1, 0.15) is 18.9 Å². The van der Waals surface area contributed by atoms with Gasteiger partial charge < -0.3 is 10.1 Å². The number of nitrogens with zero attached hydrogens (tertiary/aromatic N) is 4. The molecule has 1 N–H and O–H groups in total. The molecule has 2 aromatic heterocycles. The van der Waals surface area contributed by atoms with Crippen molar-refractivity contribution in [1.82, 2.24) is 19.7 Å². The minimum absolute atomic E-state index is 0.0552. The van der Waals surface area contributed by atoms with Gasteiger partial charge in [0.1, 0.15) is 24.2 Å². The second kappa shape index (κ2) is 8.05. The highest BCUT2D eigenvalue weighted by molar-refractivity contribution is 5.91. The molecule has 1 amide bonds. The molecular weight excluding hydrogens is 318 g/mol. The van der Waals surface area contributed by atoms with Gasteiger partial charge in [0.05, 0.1) is 11.9 Å². The zero-order chi connectivity index (χ0) is 17.5. The highest BCUT2D eigenvalue weighted by Crippen LogP contribution is 2.14. The Labute approximate surface area is 145 Å². The molecule has 7 heteroatoms. The first-order valence-electron chi connectivity index (χ1n) is 8.07. The predicted molar refractivity (Wildman–Crippen MR) is 93.7 cm³/mol. The number of nitrogens with one attached hydrogen (secondary N) is 1. The summed E-state index contributed by atoms with van der Waals surface area (Å²) in [5, 5.41) is 10.2. The van der Waals surface area contributed by atoms with Crippen molar-refractivity contribution in [3.63, 3.8) is 0 Å². The summed E-state index contributed by atoms with van der Waals surface area (Å²) >= 11 is 0. The van der Waals surface area contributed by atoms with Gasteiger partial charge in [-0.2, -0.15) is 0 Å². The highest BCUT2D eigenvalue weighted by atomic mass is 16.5. The van der Waals surface area contributed by atoms with E-state index in [-0.39, 0.29) is 12.5 Å². The minimum Gasteiger partial charge on any atom is -0.484 e. The van der Waals surface area contributed by atoms with E-state index in [1.807, 2.05) is 24.3 Å². The van der Waals surface area contributed by atoms with Crippen LogP contribution in [0.25, 0.3) is 5.82 Å². The Hall–Kier alpha value is -3.22. The average molecular weight is 337 g/mol. The summed E-state index contributed by atoms with van der Waals surface area (Å²) in [5.41, 5.74) is 1.86. The van der Waals surface area contributed by atoms with Crippen LogP contribution in [0.15, 0.2) is 55.2 Å². The van der Waals surface area contributed by atoms with Crippen molar-refractivity contribution in [1.29, 1.82) is 0 Å². The SMILES string of the molecule is CCCc1ccc(OCC(=O)Nc2ccc(-n3cnnc3)nc2)cc1. The van der Waals surface area contributed by atoms with Crippen molar-refractivity contribution in [2.45, 2.75) is 19.8 Å². The summed E-state index contributed by atoms with van der Waals surface area (Å²) < 4.78 is 7.18. The molecule has 0 aliphatic rings. The Bertz CT molecular complexity index is 798. The largest absolute Gasteiger partial charge is 0.484 e. The zero-order valence-corrected chi connectivity index (χ0v) is 13.9. The Balaban J connectivity index is 1.50. The monoisotopic (exact) mass is 337 g/mol. The van der Waals surface area contributed by atoms with E-state index in [1.165, 1.54) is 5.56 Å². The third-order valence-electron chi connectivity index (χ3n) is 3.55. The number of carbonyl (C=O) groups is 1. The summed E-state index contributed by atoms with van der Waals surface area (Å²) in [6.45, 7) is 2.09. The van der Waals surface area contributed by atoms with Crippen molar-refractivity contribution in [3.8, 4) is 11.6 Å². The van der Waals surface area contributed by atoms with E-state index in [9.17, 15) is 4.79 Å². The lowest BCUT2D eigenvalue weighted by Gasteiger charge is -2.08. The maximum atomic E-state index is 12.0. The first-order valence-corrected chi connectivity index (χ1v) is 8.07. The third kappa shape index (κ3) is 4.63. The van der Waals surface area contributed by atoms with Gasteiger partial charge in [-0.15, -0.1) is 10.2 Å². The van der Waals surface area contributed by atoms with E-state index < -0.39 is 0 Å². The van der Waals surface area contributed by atoms with Crippen molar-refractivity contribution < 1.29 is 9.53 Å². The number of carbonyl (C=O) groups excluding carboxylic acids is 1. The molecule has 3 rings (SSSR count). The first-order chi connectivity index (χ1) is 12.2. The molecule has 0 saturated carbocycles. The Kier molecular flexibility index (Phi) is 5.36. The standard InChI is InChI=1S/C18H19N5O2/c1-2-3-14-4-7-16(8-5-14)25-11-18(24)22-15-6-9-17(19-10-15)23-12-20-21-13-23/h4-10,12-13H,2-3,11H2,1H3,(H,22,24). The molecule has 3 aromatic rings. The third-order valence-corrected chi connectivity index (χ3v) is 3.55. The molecule has 2 heterocycles. The molecule has 1 aromatic carbocycles. The maximum Gasteiger partial charge on any atom is 0.262 e. The molecule has 0 fully saturated rings. The van der Waals surface area contributed by atoms with Gasteiger partial charge >= 0.3 is 0 Å². The van der Waals surface area contributed by atoms with Crippen molar-refractivity contribution in [2.75, 3.05) is 11.9 Å². The Morgan fingerprint density at radius 3 is 2.52 bits per heavy atom. The summed E-state index contributed by atoms with van der Waals surface area (Å²) in [4.78, 5) is 16.2. The molecule has 0 bridgehead atoms. The van der Waals surface area contributed by atoms with Gasteiger partial charge in [-0.1, -0.05) is 25.5 Å². The van der Waals surface area contributed by atoms with Gasteiger partial charge in [0.25, 0.3) is 5.91 Å². The number of pyridine rings is 1. The van der Waals surface area contributed by atoms with Crippen LogP contribution in [0.4, 0.5) is 5.69 Å². The van der Waals surface area contributed by atoms with E-state index >= 15 is 0 Å². The fourth-order valence-electron chi connectivity index (χ4n) is 2.32. The van der Waals surface area contributed by atoms with Crippen LogP contribution < -0.4 is 10.1 Å². The number of anilines is 1. The first kappa shape index (κ1) is 16.6. The lowest BCUT2D eigenvalue weighted by atomic mass is 10.1. The Morgan fingerprint density at radius 2 is 1.88 bits per heavy atom.